The fourth-order valence-corrected chi connectivity index (χ4v) is 4.04. The lowest BCUT2D eigenvalue weighted by molar-refractivity contribution is -0.144. The molecular formula is C26H33F5N6O3. The average Bonchev–Trinajstić information content (AvgIpc) is 3.60. The van der Waals surface area contributed by atoms with Crippen molar-refractivity contribution in [2.75, 3.05) is 0 Å². The number of carbonyl (C=O) groups excluding carboxylic acids is 2. The quantitative estimate of drug-likeness (QED) is 0.318. The van der Waals surface area contributed by atoms with Gasteiger partial charge in [-0.1, -0.05) is 30.5 Å². The number of fused-ring (bicyclic) bond motifs is 1. The largest absolute Gasteiger partial charge is 0.389 e. The number of hydrogen-bond donors (Lipinski definition) is 3. The number of benzene rings is 1. The number of carbonyl (C=O) groups is 2. The number of aromatic nitrogens is 4. The number of amides is 2. The van der Waals surface area contributed by atoms with Gasteiger partial charge in [-0.2, -0.15) is 13.2 Å². The van der Waals surface area contributed by atoms with Crippen LogP contribution in [0, 0.1) is 12.8 Å². The Hall–Kier alpha value is -3.58. The first-order valence-corrected chi connectivity index (χ1v) is 13.1. The molecule has 2 amide bonds. The lowest BCUT2D eigenvalue weighted by atomic mass is 9.84. The number of alkyl halides is 5. The molecule has 2 heterocycles. The minimum absolute atomic E-state index is 0.0539. The van der Waals surface area contributed by atoms with Crippen molar-refractivity contribution in [2.45, 2.75) is 89.8 Å². The van der Waals surface area contributed by atoms with Crippen LogP contribution in [0.4, 0.5) is 22.0 Å². The van der Waals surface area contributed by atoms with Crippen LogP contribution in [0.5, 0.6) is 0 Å². The zero-order chi connectivity index (χ0) is 29.3. The van der Waals surface area contributed by atoms with Gasteiger partial charge in [0.2, 0.25) is 11.8 Å². The maximum absolute atomic E-state index is 13.6. The molecule has 14 heteroatoms. The summed E-state index contributed by atoms with van der Waals surface area (Å²) < 4.78 is 67.7. The van der Waals surface area contributed by atoms with Gasteiger partial charge < -0.3 is 16.0 Å². The predicted octanol–water partition coefficient (Wildman–Crippen LogP) is 5.54. The van der Waals surface area contributed by atoms with E-state index in [1.807, 2.05) is 0 Å². The Morgan fingerprint density at radius 1 is 1.18 bits per heavy atom. The Morgan fingerprint density at radius 3 is 2.45 bits per heavy atom. The molecule has 2 aliphatic carbocycles. The fraction of sp³-hybridized carbons (Fsp3) is 0.577. The van der Waals surface area contributed by atoms with E-state index in [-0.39, 0.29) is 31.0 Å². The summed E-state index contributed by atoms with van der Waals surface area (Å²) in [5.41, 5.74) is 7.48. The normalized spacial score (nSPS) is 17.7. The number of halogens is 5. The van der Waals surface area contributed by atoms with E-state index in [1.165, 1.54) is 19.3 Å². The van der Waals surface area contributed by atoms with E-state index in [9.17, 15) is 31.5 Å². The summed E-state index contributed by atoms with van der Waals surface area (Å²) in [7, 11) is 0. The van der Waals surface area contributed by atoms with Crippen molar-refractivity contribution in [3.63, 3.8) is 0 Å². The first kappa shape index (κ1) is 31.0. The second kappa shape index (κ2) is 13.7. The van der Waals surface area contributed by atoms with Crippen LogP contribution in [0.2, 0.25) is 0 Å². The highest BCUT2D eigenvalue weighted by atomic mass is 19.4. The molecule has 2 aliphatic rings. The molecule has 9 nitrogen and oxygen atoms in total. The third kappa shape index (κ3) is 10.9. The van der Waals surface area contributed by atoms with E-state index < -0.39 is 36.8 Å². The van der Waals surface area contributed by atoms with Gasteiger partial charge in [0.1, 0.15) is 11.5 Å². The Kier molecular flexibility index (Phi) is 10.6. The Morgan fingerprint density at radius 2 is 1.90 bits per heavy atom. The van der Waals surface area contributed by atoms with Crippen LogP contribution < -0.4 is 11.1 Å². The van der Waals surface area contributed by atoms with Crippen molar-refractivity contribution in [1.82, 2.24) is 25.6 Å². The Balaban J connectivity index is 0.000000301. The highest BCUT2D eigenvalue weighted by molar-refractivity contribution is 5.91. The zero-order valence-electron chi connectivity index (χ0n) is 22.1. The van der Waals surface area contributed by atoms with Crippen LogP contribution in [-0.2, 0) is 17.8 Å². The highest BCUT2D eigenvalue weighted by Gasteiger charge is 2.36. The smallest absolute Gasteiger partial charge is 0.364 e. The molecule has 3 aromatic rings. The van der Waals surface area contributed by atoms with Crippen molar-refractivity contribution >= 4 is 22.8 Å². The van der Waals surface area contributed by atoms with Gasteiger partial charge >= 0.3 is 6.18 Å². The van der Waals surface area contributed by atoms with Gasteiger partial charge in [-0.15, -0.1) is 0 Å². The molecule has 2 saturated carbocycles. The molecule has 0 saturated heterocycles. The Bertz CT molecular complexity index is 1270. The Labute approximate surface area is 227 Å². The minimum atomic E-state index is -4.36. The molecule has 4 N–H and O–H groups in total. The van der Waals surface area contributed by atoms with Gasteiger partial charge in [0, 0.05) is 32.2 Å². The minimum Gasteiger partial charge on any atom is -0.364 e. The maximum atomic E-state index is 13.6. The fourth-order valence-electron chi connectivity index (χ4n) is 4.04. The predicted molar refractivity (Wildman–Crippen MR) is 135 cm³/mol. The van der Waals surface area contributed by atoms with Gasteiger partial charge in [0.25, 0.3) is 5.91 Å². The van der Waals surface area contributed by atoms with Crippen molar-refractivity contribution < 1.29 is 36.2 Å². The number of rotatable bonds is 7. The maximum Gasteiger partial charge on any atom is 0.389 e. The summed E-state index contributed by atoms with van der Waals surface area (Å²) in [5.74, 6) is -3.36. The number of nitrogens with zero attached hydrogens (tertiary/aromatic N) is 3. The number of hydrogen-bond acceptors (Lipinski definition) is 6. The van der Waals surface area contributed by atoms with Crippen LogP contribution in [0.1, 0.15) is 85.4 Å². The van der Waals surface area contributed by atoms with E-state index in [4.69, 9.17) is 5.73 Å². The van der Waals surface area contributed by atoms with Crippen molar-refractivity contribution in [3.8, 4) is 0 Å². The monoisotopic (exact) mass is 572 g/mol. The second-order valence-electron chi connectivity index (χ2n) is 10.1. The molecule has 1 atom stereocenters. The lowest BCUT2D eigenvalue weighted by Gasteiger charge is -2.28. The SMILES string of the molecule is C1CC1.Cc1nonc1C(N)=O.O=C(CCC(F)(F)F)NCc1ccc2nc(C[C@@H]3CCCC(F)(F)C3)[nH]c2c1. The average molecular weight is 573 g/mol. The number of aryl methyl sites for hydroxylation is 1. The topological polar surface area (TPSA) is 140 Å². The summed E-state index contributed by atoms with van der Waals surface area (Å²) in [6.45, 7) is 1.70. The van der Waals surface area contributed by atoms with E-state index in [0.29, 0.717) is 41.0 Å². The van der Waals surface area contributed by atoms with Gasteiger partial charge in [-0.25, -0.2) is 18.4 Å². The molecule has 220 valence electrons. The molecule has 0 unspecified atom stereocenters. The molecule has 40 heavy (non-hydrogen) atoms. The standard InChI is InChI=1S/C19H22F5N3O.C4H5N3O2.C3H6/c20-18(21)6-1-2-12(10-18)9-16-26-14-4-3-13(8-15(14)27-16)11-25-17(28)5-7-19(22,23)24;1-2-3(4(5)8)7-9-6-2;1-2-3-1/h3-4,8,12H,1-2,5-7,9-11H2,(H,25,28)(H,26,27);1H3,(H2,5,8);1-3H2/t12-;;/m0../s1. The van der Waals surface area contributed by atoms with Gasteiger partial charge in [-0.05, 0) is 48.5 Å². The first-order valence-electron chi connectivity index (χ1n) is 13.1. The molecule has 0 bridgehead atoms. The molecule has 2 fully saturated rings. The molecule has 0 radical (unpaired) electrons. The number of imidazole rings is 1. The molecular weight excluding hydrogens is 539 g/mol. The van der Waals surface area contributed by atoms with Crippen molar-refractivity contribution in [1.29, 1.82) is 0 Å². The summed E-state index contributed by atoms with van der Waals surface area (Å²) in [4.78, 5) is 29.4. The summed E-state index contributed by atoms with van der Waals surface area (Å²) >= 11 is 0. The third-order valence-corrected chi connectivity index (χ3v) is 6.18. The zero-order valence-corrected chi connectivity index (χ0v) is 22.1. The molecule has 2 aromatic heterocycles. The molecule has 5 rings (SSSR count). The van der Waals surface area contributed by atoms with Crippen LogP contribution in [0.3, 0.4) is 0 Å². The number of primary amides is 1. The van der Waals surface area contributed by atoms with Gasteiger partial charge in [0.05, 0.1) is 17.5 Å². The van der Waals surface area contributed by atoms with E-state index >= 15 is 0 Å². The van der Waals surface area contributed by atoms with Gasteiger partial charge in [0.15, 0.2) is 5.69 Å². The van der Waals surface area contributed by atoms with E-state index in [1.54, 1.807) is 25.1 Å². The van der Waals surface area contributed by atoms with Crippen molar-refractivity contribution in [3.05, 3.63) is 41.0 Å². The first-order chi connectivity index (χ1) is 18.8. The lowest BCUT2D eigenvalue weighted by Crippen LogP contribution is -2.27. The third-order valence-electron chi connectivity index (χ3n) is 6.18. The van der Waals surface area contributed by atoms with E-state index in [2.05, 4.69) is 30.2 Å². The van der Waals surface area contributed by atoms with E-state index in [0.717, 1.165) is 6.42 Å². The van der Waals surface area contributed by atoms with Crippen LogP contribution in [-0.4, -0.2) is 44.2 Å². The number of H-pyrrole nitrogens is 1. The van der Waals surface area contributed by atoms with Crippen LogP contribution >= 0.6 is 0 Å². The molecule has 1 aromatic carbocycles. The summed E-state index contributed by atoms with van der Waals surface area (Å²) in [5, 5.41) is 9.07. The van der Waals surface area contributed by atoms with Gasteiger partial charge in [-0.3, -0.25) is 9.59 Å². The molecule has 0 aliphatic heterocycles. The molecule has 0 spiro atoms. The van der Waals surface area contributed by atoms with Crippen LogP contribution in [0.15, 0.2) is 22.8 Å². The second-order valence-corrected chi connectivity index (χ2v) is 10.1. The summed E-state index contributed by atoms with van der Waals surface area (Å²) in [6.07, 6.45) is -0.0779. The number of nitrogens with one attached hydrogen (secondary N) is 2. The number of nitrogens with two attached hydrogens (primary N) is 1. The summed E-state index contributed by atoms with van der Waals surface area (Å²) in [6, 6.07) is 5.22. The highest BCUT2D eigenvalue weighted by Crippen LogP contribution is 2.37. The van der Waals surface area contributed by atoms with Crippen LogP contribution in [0.25, 0.3) is 11.0 Å². The van der Waals surface area contributed by atoms with Crippen molar-refractivity contribution in [2.24, 2.45) is 11.7 Å². The number of aromatic amines is 1.